The van der Waals surface area contributed by atoms with Crippen LogP contribution >= 0.6 is 0 Å². The number of sulfonamides is 1. The molecule has 1 aliphatic heterocycles. The highest BCUT2D eigenvalue weighted by atomic mass is 32.2. The van der Waals surface area contributed by atoms with Crippen molar-refractivity contribution in [3.63, 3.8) is 0 Å². The van der Waals surface area contributed by atoms with E-state index in [2.05, 4.69) is 5.32 Å². The van der Waals surface area contributed by atoms with E-state index >= 15 is 0 Å². The average molecular weight is 287 g/mol. The molecule has 1 aromatic rings. The van der Waals surface area contributed by atoms with Gasteiger partial charge in [-0.25, -0.2) is 17.2 Å². The van der Waals surface area contributed by atoms with E-state index in [-0.39, 0.29) is 13.1 Å². The Hall–Kier alpha value is -1.56. The molecule has 1 unspecified atom stereocenters. The Labute approximate surface area is 109 Å². The molecule has 1 atom stereocenters. The molecule has 0 saturated carbocycles. The van der Waals surface area contributed by atoms with Gasteiger partial charge < -0.3 is 5.32 Å². The van der Waals surface area contributed by atoms with Crippen LogP contribution in [-0.4, -0.2) is 38.4 Å². The number of nitrogens with one attached hydrogen (secondary N) is 1. The van der Waals surface area contributed by atoms with E-state index < -0.39 is 32.6 Å². The van der Waals surface area contributed by atoms with E-state index in [0.29, 0.717) is 12.6 Å². The molecule has 1 aliphatic rings. The maximum Gasteiger partial charge on any atom is 0.247 e. The second-order valence-electron chi connectivity index (χ2n) is 4.04. The van der Waals surface area contributed by atoms with Crippen LogP contribution < -0.4 is 5.32 Å². The van der Waals surface area contributed by atoms with Gasteiger partial charge in [0.05, 0.1) is 6.07 Å². The predicted molar refractivity (Wildman–Crippen MR) is 62.5 cm³/mol. The Morgan fingerprint density at radius 3 is 2.79 bits per heavy atom. The number of rotatable bonds is 2. The first-order valence-corrected chi connectivity index (χ1v) is 6.98. The van der Waals surface area contributed by atoms with Crippen LogP contribution in [0.5, 0.6) is 0 Å². The van der Waals surface area contributed by atoms with Gasteiger partial charge in [0, 0.05) is 25.7 Å². The van der Waals surface area contributed by atoms with Crippen molar-refractivity contribution in [1.29, 1.82) is 5.26 Å². The van der Waals surface area contributed by atoms with Crippen LogP contribution in [-0.2, 0) is 10.0 Å². The van der Waals surface area contributed by atoms with Crippen LogP contribution in [0.15, 0.2) is 23.1 Å². The first kappa shape index (κ1) is 13.9. The summed E-state index contributed by atoms with van der Waals surface area (Å²) in [6.07, 6.45) is 0. The first-order valence-electron chi connectivity index (χ1n) is 5.54. The zero-order chi connectivity index (χ0) is 14.0. The predicted octanol–water partition coefficient (Wildman–Crippen LogP) is 0.451. The molecule has 8 heteroatoms. The number of benzene rings is 1. The zero-order valence-corrected chi connectivity index (χ0v) is 10.6. The lowest BCUT2D eigenvalue weighted by Gasteiger charge is -2.30. The largest absolute Gasteiger partial charge is 0.313 e. The minimum atomic E-state index is -4.14. The van der Waals surface area contributed by atoms with Crippen molar-refractivity contribution in [2.24, 2.45) is 0 Å². The number of nitriles is 1. The topological polar surface area (TPSA) is 73.2 Å². The van der Waals surface area contributed by atoms with Crippen molar-refractivity contribution >= 4 is 10.0 Å². The van der Waals surface area contributed by atoms with Gasteiger partial charge in [0.25, 0.3) is 0 Å². The second kappa shape index (κ2) is 5.21. The zero-order valence-electron chi connectivity index (χ0n) is 9.81. The minimum Gasteiger partial charge on any atom is -0.313 e. The molecule has 102 valence electrons. The van der Waals surface area contributed by atoms with E-state index in [0.717, 1.165) is 16.4 Å². The minimum absolute atomic E-state index is 0.0668. The molecule has 0 aliphatic carbocycles. The quantitative estimate of drug-likeness (QED) is 0.857. The lowest BCUT2D eigenvalue weighted by molar-refractivity contribution is 0.310. The lowest BCUT2D eigenvalue weighted by atomic mass is 10.3. The van der Waals surface area contributed by atoms with Crippen molar-refractivity contribution in [2.75, 3.05) is 19.6 Å². The van der Waals surface area contributed by atoms with Gasteiger partial charge in [-0.05, 0) is 12.1 Å². The highest BCUT2D eigenvalue weighted by Gasteiger charge is 2.35. The monoisotopic (exact) mass is 287 g/mol. The normalized spacial score (nSPS) is 21.0. The van der Waals surface area contributed by atoms with E-state index in [4.69, 9.17) is 5.26 Å². The summed E-state index contributed by atoms with van der Waals surface area (Å²) in [7, 11) is -4.14. The summed E-state index contributed by atoms with van der Waals surface area (Å²) < 4.78 is 51.9. The lowest BCUT2D eigenvalue weighted by Crippen LogP contribution is -2.52. The number of nitrogens with zero attached hydrogens (tertiary/aromatic N) is 2. The number of piperazine rings is 1. The summed E-state index contributed by atoms with van der Waals surface area (Å²) in [6, 6.07) is 3.21. The molecule has 1 saturated heterocycles. The van der Waals surface area contributed by atoms with Gasteiger partial charge in [-0.2, -0.15) is 9.57 Å². The Morgan fingerprint density at radius 2 is 2.16 bits per heavy atom. The maximum absolute atomic E-state index is 13.6. The van der Waals surface area contributed by atoms with Crippen LogP contribution in [0, 0.1) is 23.0 Å². The first-order chi connectivity index (χ1) is 8.96. The summed E-state index contributed by atoms with van der Waals surface area (Å²) >= 11 is 0. The van der Waals surface area contributed by atoms with Gasteiger partial charge >= 0.3 is 0 Å². The third-order valence-electron chi connectivity index (χ3n) is 2.82. The highest BCUT2D eigenvalue weighted by Crippen LogP contribution is 2.22. The molecule has 1 N–H and O–H groups in total. The molecule has 1 heterocycles. The molecular formula is C11H11F2N3O2S. The van der Waals surface area contributed by atoms with Gasteiger partial charge in [0.2, 0.25) is 10.0 Å². The summed E-state index contributed by atoms with van der Waals surface area (Å²) in [4.78, 5) is -0.615. The van der Waals surface area contributed by atoms with Crippen molar-refractivity contribution in [2.45, 2.75) is 10.9 Å². The average Bonchev–Trinajstić information content (AvgIpc) is 2.38. The van der Waals surface area contributed by atoms with Crippen molar-refractivity contribution < 1.29 is 17.2 Å². The Balaban J connectivity index is 2.44. The van der Waals surface area contributed by atoms with Crippen LogP contribution in [0.1, 0.15) is 0 Å². The third-order valence-corrected chi connectivity index (χ3v) is 4.77. The Morgan fingerprint density at radius 1 is 1.42 bits per heavy atom. The number of hydrogen-bond donors (Lipinski definition) is 1. The summed E-state index contributed by atoms with van der Waals surface area (Å²) in [5, 5.41) is 11.8. The van der Waals surface area contributed by atoms with E-state index in [1.54, 1.807) is 0 Å². The van der Waals surface area contributed by atoms with Gasteiger partial charge in [-0.1, -0.05) is 0 Å². The summed E-state index contributed by atoms with van der Waals surface area (Å²) in [5.74, 6) is -2.01. The summed E-state index contributed by atoms with van der Waals surface area (Å²) in [6.45, 7) is 0.621. The molecule has 0 radical (unpaired) electrons. The van der Waals surface area contributed by atoms with Crippen molar-refractivity contribution in [3.8, 4) is 6.07 Å². The summed E-state index contributed by atoms with van der Waals surface area (Å²) in [5.41, 5.74) is 0. The van der Waals surface area contributed by atoms with E-state index in [1.165, 1.54) is 0 Å². The molecular weight excluding hydrogens is 276 g/mol. The van der Waals surface area contributed by atoms with Crippen LogP contribution in [0.3, 0.4) is 0 Å². The smallest absolute Gasteiger partial charge is 0.247 e. The second-order valence-corrected chi connectivity index (χ2v) is 5.90. The Bertz CT molecular complexity index is 627. The third kappa shape index (κ3) is 2.58. The fraction of sp³-hybridized carbons (Fsp3) is 0.364. The van der Waals surface area contributed by atoms with Crippen LogP contribution in [0.4, 0.5) is 8.78 Å². The standard InChI is InChI=1S/C11H11F2N3O2S/c12-8-1-2-11(10(13)5-8)19(17,18)16-4-3-15-7-9(16)6-14/h1-2,5,9,15H,3-4,7H2. The molecule has 5 nitrogen and oxygen atoms in total. The molecule has 1 aromatic carbocycles. The van der Waals surface area contributed by atoms with E-state index in [9.17, 15) is 17.2 Å². The number of halogens is 2. The molecule has 0 aromatic heterocycles. The Kier molecular flexibility index (Phi) is 3.80. The molecule has 19 heavy (non-hydrogen) atoms. The van der Waals surface area contributed by atoms with Crippen molar-refractivity contribution in [3.05, 3.63) is 29.8 Å². The molecule has 2 rings (SSSR count). The fourth-order valence-corrected chi connectivity index (χ4v) is 3.48. The molecule has 0 amide bonds. The SMILES string of the molecule is N#CC1CNCCN1S(=O)(=O)c1ccc(F)cc1F. The van der Waals surface area contributed by atoms with Crippen LogP contribution in [0.25, 0.3) is 0 Å². The number of hydrogen-bond acceptors (Lipinski definition) is 4. The maximum atomic E-state index is 13.6. The molecule has 0 spiro atoms. The van der Waals surface area contributed by atoms with Gasteiger partial charge in [-0.15, -0.1) is 0 Å². The highest BCUT2D eigenvalue weighted by molar-refractivity contribution is 7.89. The van der Waals surface area contributed by atoms with Gasteiger partial charge in [0.1, 0.15) is 22.6 Å². The van der Waals surface area contributed by atoms with Crippen molar-refractivity contribution in [1.82, 2.24) is 9.62 Å². The van der Waals surface area contributed by atoms with Gasteiger partial charge in [-0.3, -0.25) is 0 Å². The molecule has 0 bridgehead atoms. The van der Waals surface area contributed by atoms with Crippen LogP contribution in [0.2, 0.25) is 0 Å². The molecule has 1 fully saturated rings. The van der Waals surface area contributed by atoms with E-state index in [1.807, 2.05) is 6.07 Å². The fourth-order valence-electron chi connectivity index (χ4n) is 1.89. The van der Waals surface area contributed by atoms with Gasteiger partial charge in [0.15, 0.2) is 0 Å².